The highest BCUT2D eigenvalue weighted by Crippen LogP contribution is 2.18. The lowest BCUT2D eigenvalue weighted by atomic mass is 10.0. The Balaban J connectivity index is 1.41. The van der Waals surface area contributed by atoms with E-state index in [2.05, 4.69) is 15.2 Å². The number of benzene rings is 1. The third-order valence-electron chi connectivity index (χ3n) is 4.06. The molecule has 1 N–H and O–H groups in total. The van der Waals surface area contributed by atoms with Crippen molar-refractivity contribution in [3.05, 3.63) is 60.4 Å². The highest BCUT2D eigenvalue weighted by atomic mass is 16.5. The smallest absolute Gasteiger partial charge is 0.407 e. The van der Waals surface area contributed by atoms with Crippen molar-refractivity contribution in [3.63, 3.8) is 0 Å². The maximum Gasteiger partial charge on any atom is 0.407 e. The molecule has 5 nitrogen and oxygen atoms in total. The van der Waals surface area contributed by atoms with E-state index in [0.29, 0.717) is 6.61 Å². The van der Waals surface area contributed by atoms with E-state index < -0.39 is 0 Å². The maximum atomic E-state index is 11.9. The molecule has 0 unspecified atom stereocenters. The predicted octanol–water partition coefficient (Wildman–Crippen LogP) is 2.98. The van der Waals surface area contributed by atoms with Crippen LogP contribution in [-0.4, -0.2) is 30.2 Å². The molecule has 0 radical (unpaired) electrons. The van der Waals surface area contributed by atoms with Crippen LogP contribution in [0.1, 0.15) is 18.4 Å². The molecule has 23 heavy (non-hydrogen) atoms. The predicted molar refractivity (Wildman–Crippen MR) is 89.2 cm³/mol. The zero-order chi connectivity index (χ0) is 15.9. The number of aromatic nitrogens is 1. The van der Waals surface area contributed by atoms with E-state index in [9.17, 15) is 4.79 Å². The Kier molecular flexibility index (Phi) is 5.09. The number of ether oxygens (including phenoxy) is 1. The summed E-state index contributed by atoms with van der Waals surface area (Å²) < 4.78 is 5.27. The van der Waals surface area contributed by atoms with Gasteiger partial charge in [-0.1, -0.05) is 30.3 Å². The second kappa shape index (κ2) is 7.63. The van der Waals surface area contributed by atoms with E-state index in [0.717, 1.165) is 31.5 Å². The highest BCUT2D eigenvalue weighted by Gasteiger charge is 2.21. The molecular weight excluding hydrogens is 290 g/mol. The monoisotopic (exact) mass is 311 g/mol. The quantitative estimate of drug-likeness (QED) is 0.943. The normalized spacial score (nSPS) is 15.2. The molecule has 1 amide bonds. The summed E-state index contributed by atoms with van der Waals surface area (Å²) >= 11 is 0. The Morgan fingerprint density at radius 3 is 2.52 bits per heavy atom. The van der Waals surface area contributed by atoms with Crippen LogP contribution in [0.25, 0.3) is 0 Å². The standard InChI is InChI=1S/C18H21N3O2/c22-18(23-14-15-4-2-1-3-5-15)20-16-8-12-21(13-9-16)17-6-10-19-11-7-17/h1-7,10-11,16H,8-9,12-14H2,(H,20,22). The minimum absolute atomic E-state index is 0.177. The largest absolute Gasteiger partial charge is 0.445 e. The van der Waals surface area contributed by atoms with E-state index in [1.807, 2.05) is 42.5 Å². The average molecular weight is 311 g/mol. The Labute approximate surface area is 136 Å². The zero-order valence-electron chi connectivity index (χ0n) is 13.0. The number of piperidine rings is 1. The van der Waals surface area contributed by atoms with Gasteiger partial charge in [0, 0.05) is 37.2 Å². The van der Waals surface area contributed by atoms with Crippen molar-refractivity contribution in [1.82, 2.24) is 10.3 Å². The van der Waals surface area contributed by atoms with E-state index in [1.54, 1.807) is 12.4 Å². The topological polar surface area (TPSA) is 54.5 Å². The molecule has 1 saturated heterocycles. The maximum absolute atomic E-state index is 11.9. The van der Waals surface area contributed by atoms with E-state index >= 15 is 0 Å². The van der Waals surface area contributed by atoms with Gasteiger partial charge in [0.1, 0.15) is 6.61 Å². The molecule has 2 aromatic rings. The van der Waals surface area contributed by atoms with Crippen molar-refractivity contribution in [3.8, 4) is 0 Å². The molecule has 1 aliphatic rings. The number of pyridine rings is 1. The van der Waals surface area contributed by atoms with Crippen LogP contribution in [0.3, 0.4) is 0 Å². The summed E-state index contributed by atoms with van der Waals surface area (Å²) in [6.45, 7) is 2.16. The average Bonchev–Trinajstić information content (AvgIpc) is 2.62. The van der Waals surface area contributed by atoms with Gasteiger partial charge in [0.05, 0.1) is 0 Å². The van der Waals surface area contributed by atoms with Crippen LogP contribution in [0.5, 0.6) is 0 Å². The molecular formula is C18H21N3O2. The summed E-state index contributed by atoms with van der Waals surface area (Å²) in [5.41, 5.74) is 2.18. The number of alkyl carbamates (subject to hydrolysis) is 1. The molecule has 1 fully saturated rings. The van der Waals surface area contributed by atoms with E-state index in [-0.39, 0.29) is 12.1 Å². The van der Waals surface area contributed by atoms with Crippen molar-refractivity contribution in [2.75, 3.05) is 18.0 Å². The van der Waals surface area contributed by atoms with Crippen molar-refractivity contribution in [2.24, 2.45) is 0 Å². The van der Waals surface area contributed by atoms with Gasteiger partial charge >= 0.3 is 6.09 Å². The second-order valence-electron chi connectivity index (χ2n) is 5.67. The molecule has 0 aliphatic carbocycles. The fraction of sp³-hybridized carbons (Fsp3) is 0.333. The molecule has 0 atom stereocenters. The first kappa shape index (κ1) is 15.3. The number of hydrogen-bond donors (Lipinski definition) is 1. The van der Waals surface area contributed by atoms with E-state index in [1.165, 1.54) is 5.69 Å². The van der Waals surface area contributed by atoms with Gasteiger partial charge in [0.15, 0.2) is 0 Å². The lowest BCUT2D eigenvalue weighted by molar-refractivity contribution is 0.134. The zero-order valence-corrected chi connectivity index (χ0v) is 13.0. The summed E-state index contributed by atoms with van der Waals surface area (Å²) in [7, 11) is 0. The van der Waals surface area contributed by atoms with Crippen LogP contribution < -0.4 is 10.2 Å². The molecule has 1 aromatic heterocycles. The Bertz CT molecular complexity index is 611. The summed E-state index contributed by atoms with van der Waals surface area (Å²) in [6.07, 6.45) is 5.11. The van der Waals surface area contributed by atoms with E-state index in [4.69, 9.17) is 4.74 Å². The Hall–Kier alpha value is -2.56. The van der Waals surface area contributed by atoms with Gasteiger partial charge in [0.25, 0.3) is 0 Å². The van der Waals surface area contributed by atoms with Gasteiger partial charge in [0.2, 0.25) is 0 Å². The Morgan fingerprint density at radius 1 is 1.13 bits per heavy atom. The molecule has 0 bridgehead atoms. The summed E-state index contributed by atoms with van der Waals surface area (Å²) in [6, 6.07) is 13.9. The van der Waals surface area contributed by atoms with Gasteiger partial charge in [-0.05, 0) is 30.5 Å². The van der Waals surface area contributed by atoms with Crippen LogP contribution in [0.4, 0.5) is 10.5 Å². The molecule has 1 aromatic carbocycles. The number of amides is 1. The molecule has 3 rings (SSSR count). The number of carbonyl (C=O) groups is 1. The first-order chi connectivity index (χ1) is 11.3. The minimum atomic E-state index is -0.337. The number of carbonyl (C=O) groups excluding carboxylic acids is 1. The van der Waals surface area contributed by atoms with Gasteiger partial charge < -0.3 is 15.0 Å². The van der Waals surface area contributed by atoms with Gasteiger partial charge in [-0.2, -0.15) is 0 Å². The molecule has 5 heteroatoms. The molecule has 1 aliphatic heterocycles. The van der Waals surface area contributed by atoms with Crippen LogP contribution in [0.2, 0.25) is 0 Å². The fourth-order valence-corrected chi connectivity index (χ4v) is 2.77. The first-order valence-electron chi connectivity index (χ1n) is 7.93. The second-order valence-corrected chi connectivity index (χ2v) is 5.67. The number of nitrogens with one attached hydrogen (secondary N) is 1. The van der Waals surface area contributed by atoms with Crippen molar-refractivity contribution in [2.45, 2.75) is 25.5 Å². The molecule has 0 spiro atoms. The lowest BCUT2D eigenvalue weighted by Crippen LogP contribution is -2.44. The van der Waals surface area contributed by atoms with Crippen molar-refractivity contribution in [1.29, 1.82) is 0 Å². The fourth-order valence-electron chi connectivity index (χ4n) is 2.77. The highest BCUT2D eigenvalue weighted by molar-refractivity contribution is 5.67. The SMILES string of the molecule is O=C(NC1CCN(c2ccncc2)CC1)OCc1ccccc1. The van der Waals surface area contributed by atoms with Crippen molar-refractivity contribution >= 4 is 11.8 Å². The third-order valence-corrected chi connectivity index (χ3v) is 4.06. The van der Waals surface area contributed by atoms with Crippen LogP contribution in [0.15, 0.2) is 54.9 Å². The lowest BCUT2D eigenvalue weighted by Gasteiger charge is -2.33. The van der Waals surface area contributed by atoms with Gasteiger partial charge in [-0.15, -0.1) is 0 Å². The first-order valence-corrected chi connectivity index (χ1v) is 7.93. The van der Waals surface area contributed by atoms with Crippen LogP contribution in [-0.2, 0) is 11.3 Å². The Morgan fingerprint density at radius 2 is 1.83 bits per heavy atom. The molecule has 120 valence electrons. The van der Waals surface area contributed by atoms with Crippen LogP contribution >= 0.6 is 0 Å². The van der Waals surface area contributed by atoms with Crippen molar-refractivity contribution < 1.29 is 9.53 Å². The minimum Gasteiger partial charge on any atom is -0.445 e. The number of nitrogens with zero attached hydrogens (tertiary/aromatic N) is 2. The number of hydrogen-bond acceptors (Lipinski definition) is 4. The van der Waals surface area contributed by atoms with Gasteiger partial charge in [-0.3, -0.25) is 4.98 Å². The summed E-state index contributed by atoms with van der Waals surface area (Å²) in [5, 5.41) is 2.96. The molecule has 0 saturated carbocycles. The number of rotatable bonds is 4. The van der Waals surface area contributed by atoms with Crippen LogP contribution in [0, 0.1) is 0 Å². The third kappa shape index (κ3) is 4.45. The summed E-state index contributed by atoms with van der Waals surface area (Å²) in [4.78, 5) is 18.2. The summed E-state index contributed by atoms with van der Waals surface area (Å²) in [5.74, 6) is 0. The molecule has 2 heterocycles. The van der Waals surface area contributed by atoms with Gasteiger partial charge in [-0.25, -0.2) is 4.79 Å². The number of anilines is 1.